The molecule has 1 aliphatic heterocycles. The van der Waals surface area contributed by atoms with Crippen molar-refractivity contribution in [3.05, 3.63) is 66.3 Å². The zero-order valence-electron chi connectivity index (χ0n) is 14.6. The summed E-state index contributed by atoms with van der Waals surface area (Å²) in [5, 5.41) is 25.3. The van der Waals surface area contributed by atoms with E-state index in [0.29, 0.717) is 18.6 Å². The Morgan fingerprint density at radius 3 is 2.67 bits per heavy atom. The van der Waals surface area contributed by atoms with Gasteiger partial charge in [0.15, 0.2) is 0 Å². The van der Waals surface area contributed by atoms with E-state index in [0.717, 1.165) is 16.6 Å². The van der Waals surface area contributed by atoms with Crippen LogP contribution in [-0.2, 0) is 6.54 Å². The fraction of sp³-hybridized carbons (Fsp3) is 0.353. The maximum atomic E-state index is 12.2. The van der Waals surface area contributed by atoms with Gasteiger partial charge in [-0.25, -0.2) is 4.79 Å². The first-order valence-corrected chi connectivity index (χ1v) is 8.55. The van der Waals surface area contributed by atoms with Gasteiger partial charge in [0.1, 0.15) is 5.56 Å². The third-order valence-electron chi connectivity index (χ3n) is 4.45. The van der Waals surface area contributed by atoms with Crippen molar-refractivity contribution in [3.8, 4) is 5.88 Å². The highest BCUT2D eigenvalue weighted by Crippen LogP contribution is 2.27. The molecule has 0 aliphatic carbocycles. The molecule has 0 radical (unpaired) electrons. The van der Waals surface area contributed by atoms with Gasteiger partial charge in [0, 0.05) is 25.1 Å². The molecule has 10 heteroatoms. The average Bonchev–Trinajstić information content (AvgIpc) is 3.11. The highest BCUT2D eigenvalue weighted by molar-refractivity contribution is 6.03. The molecule has 10 nitrogen and oxygen atoms in total. The van der Waals surface area contributed by atoms with Gasteiger partial charge in [0.05, 0.1) is 16.7 Å². The van der Waals surface area contributed by atoms with E-state index in [1.54, 1.807) is 12.1 Å². The number of aromatic amines is 1. The second-order valence-corrected chi connectivity index (χ2v) is 6.26. The number of H-pyrrole nitrogens is 1. The third kappa shape index (κ3) is 3.59. The number of non-ortho nitro benzene ring substituents is 1. The molecule has 1 aromatic heterocycles. The quantitative estimate of drug-likeness (QED) is 0.516. The molecule has 3 N–H and O–H groups in total. The number of aromatic nitrogens is 2. The topological polar surface area (TPSA) is 143 Å². The first kappa shape index (κ1) is 18.4. The molecule has 0 fully saturated rings. The Labute approximate surface area is 153 Å². The van der Waals surface area contributed by atoms with E-state index in [1.807, 2.05) is 6.92 Å². The van der Waals surface area contributed by atoms with Crippen LogP contribution in [0.2, 0.25) is 0 Å². The summed E-state index contributed by atoms with van der Waals surface area (Å²) in [6.07, 6.45) is 1.79. The Kier molecular flexibility index (Phi) is 5.06. The Bertz CT molecular complexity index is 1010. The number of hydrazone groups is 1. The number of hydrogen-bond donors (Lipinski definition) is 3. The van der Waals surface area contributed by atoms with Crippen molar-refractivity contribution in [2.75, 3.05) is 0 Å². The lowest BCUT2D eigenvalue weighted by Crippen LogP contribution is -2.33. The molecule has 2 heterocycles. The smallest absolute Gasteiger partial charge is 0.331 e. The molecule has 0 bridgehead atoms. The number of aromatic hydroxyl groups is 1. The minimum absolute atomic E-state index is 0.0185. The van der Waals surface area contributed by atoms with Gasteiger partial charge in [-0.3, -0.25) is 24.5 Å². The molecule has 142 valence electrons. The monoisotopic (exact) mass is 373 g/mol. The van der Waals surface area contributed by atoms with Gasteiger partial charge < -0.3 is 10.5 Å². The van der Waals surface area contributed by atoms with Crippen LogP contribution in [0.1, 0.15) is 43.4 Å². The van der Waals surface area contributed by atoms with E-state index >= 15 is 0 Å². The summed E-state index contributed by atoms with van der Waals surface area (Å²) >= 11 is 0. The Hall–Kier alpha value is -3.43. The molecule has 1 aromatic carbocycles. The van der Waals surface area contributed by atoms with Crippen LogP contribution >= 0.6 is 0 Å². The van der Waals surface area contributed by atoms with Crippen LogP contribution in [0.15, 0.2) is 39.0 Å². The molecular formula is C17H19N5O5. The van der Waals surface area contributed by atoms with Crippen LogP contribution in [0, 0.1) is 10.1 Å². The summed E-state index contributed by atoms with van der Waals surface area (Å²) < 4.78 is 1.13. The Morgan fingerprint density at radius 2 is 2.04 bits per heavy atom. The van der Waals surface area contributed by atoms with Crippen molar-refractivity contribution in [2.45, 2.75) is 38.8 Å². The van der Waals surface area contributed by atoms with Crippen LogP contribution < -0.4 is 16.7 Å². The maximum absolute atomic E-state index is 12.2. The zero-order chi connectivity index (χ0) is 19.6. The van der Waals surface area contributed by atoms with Crippen LogP contribution in [-0.4, -0.2) is 25.3 Å². The number of hydrogen-bond acceptors (Lipinski definition) is 7. The molecule has 0 saturated carbocycles. The number of unbranched alkanes of at least 4 members (excludes halogenated alkanes) is 1. The van der Waals surface area contributed by atoms with Crippen molar-refractivity contribution in [2.24, 2.45) is 5.10 Å². The summed E-state index contributed by atoms with van der Waals surface area (Å²) in [7, 11) is 0. The maximum Gasteiger partial charge on any atom is 0.331 e. The lowest BCUT2D eigenvalue weighted by atomic mass is 10.00. The van der Waals surface area contributed by atoms with E-state index in [1.165, 1.54) is 12.1 Å². The SMILES string of the molecule is CCCCn1c(O)c(C2=NN[C@@H](c3ccc([N+](=O)[O-])cc3)C2)c(=O)[nH]c1=O. The number of nitrogens with zero attached hydrogens (tertiary/aromatic N) is 3. The number of nitro groups is 1. The van der Waals surface area contributed by atoms with Crippen molar-refractivity contribution >= 4 is 11.4 Å². The average molecular weight is 373 g/mol. The van der Waals surface area contributed by atoms with Gasteiger partial charge in [0.25, 0.3) is 11.2 Å². The molecule has 0 spiro atoms. The summed E-state index contributed by atoms with van der Waals surface area (Å²) in [5.74, 6) is -0.401. The second kappa shape index (κ2) is 7.44. The molecule has 1 aliphatic rings. The molecule has 1 atom stereocenters. The summed E-state index contributed by atoms with van der Waals surface area (Å²) in [6.45, 7) is 2.24. The van der Waals surface area contributed by atoms with Gasteiger partial charge in [0.2, 0.25) is 5.88 Å². The predicted octanol–water partition coefficient (Wildman–Crippen LogP) is 1.39. The van der Waals surface area contributed by atoms with Crippen molar-refractivity contribution < 1.29 is 10.0 Å². The molecule has 0 unspecified atom stereocenters. The van der Waals surface area contributed by atoms with E-state index in [2.05, 4.69) is 15.5 Å². The number of benzene rings is 1. The van der Waals surface area contributed by atoms with Crippen molar-refractivity contribution in [1.29, 1.82) is 0 Å². The molecule has 0 amide bonds. The number of rotatable bonds is 6. The van der Waals surface area contributed by atoms with Crippen LogP contribution in [0.25, 0.3) is 0 Å². The van der Waals surface area contributed by atoms with Gasteiger partial charge in [-0.15, -0.1) is 0 Å². The van der Waals surface area contributed by atoms with Crippen LogP contribution in [0.5, 0.6) is 5.88 Å². The van der Waals surface area contributed by atoms with Gasteiger partial charge >= 0.3 is 5.69 Å². The highest BCUT2D eigenvalue weighted by atomic mass is 16.6. The van der Waals surface area contributed by atoms with Gasteiger partial charge in [-0.2, -0.15) is 5.10 Å². The molecular weight excluding hydrogens is 354 g/mol. The molecule has 3 rings (SSSR count). The van der Waals surface area contributed by atoms with Gasteiger partial charge in [-0.1, -0.05) is 25.5 Å². The fourth-order valence-corrected chi connectivity index (χ4v) is 2.96. The minimum Gasteiger partial charge on any atom is -0.494 e. The van der Waals surface area contributed by atoms with Crippen LogP contribution in [0.4, 0.5) is 5.69 Å². The van der Waals surface area contributed by atoms with E-state index in [9.17, 15) is 24.8 Å². The number of nitro benzene ring substituents is 1. The van der Waals surface area contributed by atoms with E-state index < -0.39 is 22.1 Å². The van der Waals surface area contributed by atoms with Crippen molar-refractivity contribution in [3.63, 3.8) is 0 Å². The first-order valence-electron chi connectivity index (χ1n) is 8.55. The molecule has 0 saturated heterocycles. The molecule has 27 heavy (non-hydrogen) atoms. The molecule has 2 aromatic rings. The van der Waals surface area contributed by atoms with E-state index in [4.69, 9.17) is 0 Å². The summed E-state index contributed by atoms with van der Waals surface area (Å²) in [5.41, 5.74) is 2.53. The van der Waals surface area contributed by atoms with Crippen LogP contribution in [0.3, 0.4) is 0 Å². The predicted molar refractivity (Wildman–Crippen MR) is 98.0 cm³/mol. The Morgan fingerprint density at radius 1 is 1.33 bits per heavy atom. The standard InChI is InChI=1S/C17H19N5O5/c1-2-3-8-21-16(24)14(15(23)18-17(21)25)13-9-12(19-20-13)10-4-6-11(7-5-10)22(26)27/h4-7,12,19,24H,2-3,8-9H2,1H3,(H,18,23,25)/t12-/m1/s1. The lowest BCUT2D eigenvalue weighted by Gasteiger charge is -2.11. The summed E-state index contributed by atoms with van der Waals surface area (Å²) in [4.78, 5) is 36.7. The highest BCUT2D eigenvalue weighted by Gasteiger charge is 2.27. The second-order valence-electron chi connectivity index (χ2n) is 6.26. The fourth-order valence-electron chi connectivity index (χ4n) is 2.96. The van der Waals surface area contributed by atoms with Crippen molar-refractivity contribution in [1.82, 2.24) is 15.0 Å². The third-order valence-corrected chi connectivity index (χ3v) is 4.45. The Balaban J connectivity index is 1.87. The zero-order valence-corrected chi connectivity index (χ0v) is 14.6. The normalized spacial score (nSPS) is 16.0. The summed E-state index contributed by atoms with van der Waals surface area (Å²) in [6, 6.07) is 5.71. The van der Waals surface area contributed by atoms with E-state index in [-0.39, 0.29) is 23.8 Å². The lowest BCUT2D eigenvalue weighted by molar-refractivity contribution is -0.384. The van der Waals surface area contributed by atoms with Gasteiger partial charge in [-0.05, 0) is 12.0 Å². The largest absolute Gasteiger partial charge is 0.494 e. The first-order chi connectivity index (χ1) is 12.9. The number of nitrogens with one attached hydrogen (secondary N) is 2. The minimum atomic E-state index is -0.699.